The van der Waals surface area contributed by atoms with Crippen LogP contribution in [0.1, 0.15) is 18.4 Å². The number of carbonyl (C=O) groups is 1. The second kappa shape index (κ2) is 6.74. The fraction of sp³-hybridized carbons (Fsp3) is 0.375. The molecule has 2 aromatic rings. The predicted molar refractivity (Wildman–Crippen MR) is 89.9 cm³/mol. The molecule has 0 bridgehead atoms. The number of amides is 1. The number of nitrogens with zero attached hydrogens (tertiary/aromatic N) is 2. The molecule has 1 aliphatic heterocycles. The van der Waals surface area contributed by atoms with E-state index >= 15 is 0 Å². The summed E-state index contributed by atoms with van der Waals surface area (Å²) >= 11 is 0. The van der Waals surface area contributed by atoms with Gasteiger partial charge in [0.1, 0.15) is 0 Å². The lowest BCUT2D eigenvalue weighted by molar-refractivity contribution is -0.120. The molecule has 8 heteroatoms. The highest BCUT2D eigenvalue weighted by molar-refractivity contribution is 7.89. The van der Waals surface area contributed by atoms with Crippen molar-refractivity contribution in [2.24, 2.45) is 5.92 Å². The number of nitrogens with one attached hydrogen (secondary N) is 2. The molecule has 7 nitrogen and oxygen atoms in total. The number of anilines is 1. The maximum atomic E-state index is 12.6. The standard InChI is InChI=1S/C16H20N4O3S/c1-12-5-2-3-7-14(12)19-16(21)13-6-4-8-20(10-13)24(22,23)15-9-17-11-18-15/h2-3,5,7,9,11,13H,4,6,8,10H2,1H3,(H,17,18)(H,19,21). The summed E-state index contributed by atoms with van der Waals surface area (Å²) in [5, 5.41) is 2.96. The highest BCUT2D eigenvalue weighted by Crippen LogP contribution is 2.24. The van der Waals surface area contributed by atoms with Gasteiger partial charge in [-0.2, -0.15) is 4.31 Å². The van der Waals surface area contributed by atoms with Crippen LogP contribution in [0.25, 0.3) is 0 Å². The molecule has 0 spiro atoms. The highest BCUT2D eigenvalue weighted by atomic mass is 32.2. The molecule has 0 saturated carbocycles. The minimum atomic E-state index is -3.63. The number of piperidine rings is 1. The summed E-state index contributed by atoms with van der Waals surface area (Å²) in [7, 11) is -3.63. The first-order valence-corrected chi connectivity index (χ1v) is 9.27. The van der Waals surface area contributed by atoms with Crippen LogP contribution in [0, 0.1) is 12.8 Å². The molecule has 0 aliphatic carbocycles. The number of aryl methyl sites for hydroxylation is 1. The van der Waals surface area contributed by atoms with Gasteiger partial charge in [0.25, 0.3) is 10.0 Å². The zero-order chi connectivity index (χ0) is 17.2. The fourth-order valence-corrected chi connectivity index (χ4v) is 4.27. The number of hydrogen-bond donors (Lipinski definition) is 2. The van der Waals surface area contributed by atoms with Crippen molar-refractivity contribution in [3.8, 4) is 0 Å². The highest BCUT2D eigenvalue weighted by Gasteiger charge is 2.34. The van der Waals surface area contributed by atoms with Gasteiger partial charge >= 0.3 is 0 Å². The molecule has 0 radical (unpaired) electrons. The van der Waals surface area contributed by atoms with Crippen molar-refractivity contribution in [1.82, 2.24) is 14.3 Å². The van der Waals surface area contributed by atoms with Crippen LogP contribution in [0.3, 0.4) is 0 Å². The van der Waals surface area contributed by atoms with Gasteiger partial charge in [-0.15, -0.1) is 0 Å². The Balaban J connectivity index is 1.72. The van der Waals surface area contributed by atoms with E-state index in [1.807, 2.05) is 31.2 Å². The number of benzene rings is 1. The Bertz CT molecular complexity index is 818. The van der Waals surface area contributed by atoms with Crippen LogP contribution in [-0.4, -0.2) is 41.7 Å². The van der Waals surface area contributed by atoms with Gasteiger partial charge in [0.15, 0.2) is 5.03 Å². The molecular formula is C16H20N4O3S. The van der Waals surface area contributed by atoms with Gasteiger partial charge in [-0.3, -0.25) is 4.79 Å². The lowest BCUT2D eigenvalue weighted by atomic mass is 9.98. The zero-order valence-corrected chi connectivity index (χ0v) is 14.2. The van der Waals surface area contributed by atoms with E-state index < -0.39 is 10.0 Å². The normalized spacial score (nSPS) is 19.1. The Morgan fingerprint density at radius 2 is 2.17 bits per heavy atom. The van der Waals surface area contributed by atoms with E-state index in [4.69, 9.17) is 0 Å². The Labute approximate surface area is 141 Å². The summed E-state index contributed by atoms with van der Waals surface area (Å²) in [6, 6.07) is 7.53. The summed E-state index contributed by atoms with van der Waals surface area (Å²) < 4.78 is 26.5. The number of aromatic nitrogens is 2. The van der Waals surface area contributed by atoms with Crippen LogP contribution in [-0.2, 0) is 14.8 Å². The Morgan fingerprint density at radius 3 is 2.88 bits per heavy atom. The van der Waals surface area contributed by atoms with Crippen molar-refractivity contribution < 1.29 is 13.2 Å². The second-order valence-corrected chi connectivity index (χ2v) is 7.83. The molecule has 1 fully saturated rings. The van der Waals surface area contributed by atoms with Crippen molar-refractivity contribution in [2.75, 3.05) is 18.4 Å². The second-order valence-electron chi connectivity index (χ2n) is 5.92. The van der Waals surface area contributed by atoms with Crippen molar-refractivity contribution in [1.29, 1.82) is 0 Å². The van der Waals surface area contributed by atoms with Gasteiger partial charge in [0, 0.05) is 18.8 Å². The monoisotopic (exact) mass is 348 g/mol. The van der Waals surface area contributed by atoms with Gasteiger partial charge in [-0.25, -0.2) is 13.4 Å². The number of aromatic amines is 1. The first-order valence-electron chi connectivity index (χ1n) is 7.83. The van der Waals surface area contributed by atoms with Crippen LogP contribution in [0.15, 0.2) is 41.8 Å². The van der Waals surface area contributed by atoms with Crippen molar-refractivity contribution in [2.45, 2.75) is 24.8 Å². The lowest BCUT2D eigenvalue weighted by Gasteiger charge is -2.30. The van der Waals surface area contributed by atoms with Crippen LogP contribution in [0.4, 0.5) is 5.69 Å². The molecule has 1 amide bonds. The molecule has 128 valence electrons. The zero-order valence-electron chi connectivity index (χ0n) is 13.4. The number of carbonyl (C=O) groups excluding carboxylic acids is 1. The molecular weight excluding hydrogens is 328 g/mol. The van der Waals surface area contributed by atoms with E-state index in [9.17, 15) is 13.2 Å². The molecule has 1 atom stereocenters. The summed E-state index contributed by atoms with van der Waals surface area (Å²) in [4.78, 5) is 18.9. The minimum absolute atomic E-state index is 0.0578. The Kier molecular flexibility index (Phi) is 4.68. The van der Waals surface area contributed by atoms with Crippen LogP contribution in [0.5, 0.6) is 0 Å². The summed E-state index contributed by atoms with van der Waals surface area (Å²) in [6.45, 7) is 2.51. The van der Waals surface area contributed by atoms with Gasteiger partial charge < -0.3 is 10.3 Å². The molecule has 1 aliphatic rings. The van der Waals surface area contributed by atoms with E-state index in [2.05, 4.69) is 15.3 Å². The smallest absolute Gasteiger partial charge is 0.260 e. The van der Waals surface area contributed by atoms with Crippen LogP contribution in [0.2, 0.25) is 0 Å². The fourth-order valence-electron chi connectivity index (χ4n) is 2.85. The topological polar surface area (TPSA) is 95.2 Å². The van der Waals surface area contributed by atoms with E-state index in [0.29, 0.717) is 19.4 Å². The number of hydrogen-bond acceptors (Lipinski definition) is 4. The molecule has 3 rings (SSSR count). The number of para-hydroxylation sites is 1. The Morgan fingerprint density at radius 1 is 1.38 bits per heavy atom. The SMILES string of the molecule is Cc1ccccc1NC(=O)C1CCCN(S(=O)(=O)c2cnc[nH]2)C1. The summed E-state index contributed by atoms with van der Waals surface area (Å²) in [5.41, 5.74) is 1.74. The van der Waals surface area contributed by atoms with Crippen LogP contribution < -0.4 is 5.32 Å². The minimum Gasteiger partial charge on any atom is -0.335 e. The molecule has 24 heavy (non-hydrogen) atoms. The molecule has 2 N–H and O–H groups in total. The lowest BCUT2D eigenvalue weighted by Crippen LogP contribution is -2.43. The third kappa shape index (κ3) is 3.34. The molecule has 1 aromatic heterocycles. The Hall–Kier alpha value is -2.19. The van der Waals surface area contributed by atoms with E-state index in [1.165, 1.54) is 16.8 Å². The number of rotatable bonds is 4. The third-order valence-corrected chi connectivity index (χ3v) is 6.04. The number of H-pyrrole nitrogens is 1. The summed E-state index contributed by atoms with van der Waals surface area (Å²) in [6.07, 6.45) is 3.94. The van der Waals surface area contributed by atoms with Crippen molar-refractivity contribution in [3.05, 3.63) is 42.4 Å². The van der Waals surface area contributed by atoms with Crippen molar-refractivity contribution in [3.63, 3.8) is 0 Å². The largest absolute Gasteiger partial charge is 0.335 e. The van der Waals surface area contributed by atoms with E-state index in [1.54, 1.807) is 0 Å². The average Bonchev–Trinajstić information content (AvgIpc) is 3.12. The maximum Gasteiger partial charge on any atom is 0.260 e. The van der Waals surface area contributed by atoms with Crippen molar-refractivity contribution >= 4 is 21.6 Å². The summed E-state index contributed by atoms with van der Waals surface area (Å²) in [5.74, 6) is -0.509. The van der Waals surface area contributed by atoms with Gasteiger partial charge in [0.05, 0.1) is 18.4 Å². The van der Waals surface area contributed by atoms with Gasteiger partial charge in [-0.1, -0.05) is 18.2 Å². The molecule has 1 aromatic carbocycles. The molecule has 1 saturated heterocycles. The van der Waals surface area contributed by atoms with Gasteiger partial charge in [-0.05, 0) is 31.4 Å². The average molecular weight is 348 g/mol. The first kappa shape index (κ1) is 16.7. The first-order chi connectivity index (χ1) is 11.5. The maximum absolute atomic E-state index is 12.6. The number of sulfonamides is 1. The quantitative estimate of drug-likeness (QED) is 0.880. The third-order valence-electron chi connectivity index (χ3n) is 4.25. The molecule has 2 heterocycles. The van der Waals surface area contributed by atoms with Gasteiger partial charge in [0.2, 0.25) is 5.91 Å². The predicted octanol–water partition coefficient (Wildman–Crippen LogP) is 1.76. The molecule has 1 unspecified atom stereocenters. The van der Waals surface area contributed by atoms with E-state index in [0.717, 1.165) is 11.3 Å². The van der Waals surface area contributed by atoms with Crippen LogP contribution >= 0.6 is 0 Å². The van der Waals surface area contributed by atoms with E-state index in [-0.39, 0.29) is 23.4 Å². The number of imidazole rings is 1.